The van der Waals surface area contributed by atoms with Crippen LogP contribution in [0.4, 0.5) is 0 Å². The third-order valence-corrected chi connectivity index (χ3v) is 3.76. The predicted octanol–water partition coefficient (Wildman–Crippen LogP) is 2.88. The third-order valence-electron chi connectivity index (χ3n) is 3.45. The highest BCUT2D eigenvalue weighted by atomic mass is 32.1. The van der Waals surface area contributed by atoms with E-state index in [2.05, 4.69) is 13.8 Å². The van der Waals surface area contributed by atoms with Gasteiger partial charge in [-0.2, -0.15) is 0 Å². The van der Waals surface area contributed by atoms with Gasteiger partial charge in [0.15, 0.2) is 0 Å². The minimum Gasteiger partial charge on any atom is -0.497 e. The highest BCUT2D eigenvalue weighted by Gasteiger charge is 2.35. The van der Waals surface area contributed by atoms with Crippen molar-refractivity contribution in [1.82, 2.24) is 4.90 Å². The second kappa shape index (κ2) is 6.72. The lowest BCUT2D eigenvalue weighted by atomic mass is 10.0. The number of methoxy groups -OCH3 is 1. The van der Waals surface area contributed by atoms with Crippen LogP contribution in [0.15, 0.2) is 30.3 Å². The lowest BCUT2D eigenvalue weighted by Gasteiger charge is -2.22. The summed E-state index contributed by atoms with van der Waals surface area (Å²) in [7, 11) is 1.62. The maximum atomic E-state index is 12.3. The summed E-state index contributed by atoms with van der Waals surface area (Å²) in [5.41, 5.74) is 0.927. The molecule has 0 unspecified atom stereocenters. The van der Waals surface area contributed by atoms with Gasteiger partial charge in [-0.3, -0.25) is 9.69 Å². The minimum absolute atomic E-state index is 0.00511. The van der Waals surface area contributed by atoms with Crippen LogP contribution < -0.4 is 4.74 Å². The van der Waals surface area contributed by atoms with Crippen molar-refractivity contribution in [3.05, 3.63) is 35.9 Å². The minimum atomic E-state index is -0.146. The van der Waals surface area contributed by atoms with Crippen LogP contribution in [0.3, 0.4) is 0 Å². The number of carbonyl (C=O) groups is 1. The van der Waals surface area contributed by atoms with Crippen LogP contribution in [0.1, 0.15) is 19.4 Å². The van der Waals surface area contributed by atoms with Gasteiger partial charge in [0, 0.05) is 6.08 Å². The largest absolute Gasteiger partial charge is 0.497 e. The molecule has 1 aromatic carbocycles. The van der Waals surface area contributed by atoms with Gasteiger partial charge in [0.25, 0.3) is 11.1 Å². The van der Waals surface area contributed by atoms with Crippen LogP contribution in [-0.4, -0.2) is 35.7 Å². The fourth-order valence-electron chi connectivity index (χ4n) is 2.14. The third kappa shape index (κ3) is 3.61. The van der Waals surface area contributed by atoms with Gasteiger partial charge in [-0.15, -0.1) is 0 Å². The molecule has 0 saturated carbocycles. The number of hydrogen-bond acceptors (Lipinski definition) is 4. The average molecular weight is 305 g/mol. The summed E-state index contributed by atoms with van der Waals surface area (Å²) in [6, 6.07) is 7.49. The molecule has 1 amide bonds. The van der Waals surface area contributed by atoms with E-state index in [0.717, 1.165) is 11.3 Å². The Kier molecular flexibility index (Phi) is 4.96. The topological polar surface area (TPSA) is 38.8 Å². The zero-order valence-electron chi connectivity index (χ0n) is 12.4. The van der Waals surface area contributed by atoms with Crippen molar-refractivity contribution in [2.75, 3.05) is 13.7 Å². The summed E-state index contributed by atoms with van der Waals surface area (Å²) in [4.78, 5) is 13.9. The van der Waals surface area contributed by atoms with Crippen molar-refractivity contribution in [3.8, 4) is 5.75 Å². The number of thiocarbonyl (C=S) groups is 1. The molecule has 0 spiro atoms. The molecule has 1 aromatic rings. The second-order valence-electron chi connectivity index (χ2n) is 5.20. The second-order valence-corrected chi connectivity index (χ2v) is 5.55. The van der Waals surface area contributed by atoms with Gasteiger partial charge < -0.3 is 9.47 Å². The molecule has 1 aliphatic rings. The van der Waals surface area contributed by atoms with Crippen molar-refractivity contribution in [2.24, 2.45) is 5.92 Å². The van der Waals surface area contributed by atoms with E-state index in [-0.39, 0.29) is 17.1 Å². The molecular formula is C16H19NO3S. The molecule has 1 atom stereocenters. The molecule has 1 heterocycles. The van der Waals surface area contributed by atoms with Crippen LogP contribution in [0, 0.1) is 5.92 Å². The Morgan fingerprint density at radius 1 is 1.43 bits per heavy atom. The first-order valence-corrected chi connectivity index (χ1v) is 7.26. The molecule has 2 rings (SSSR count). The number of hydrogen-bond donors (Lipinski definition) is 0. The van der Waals surface area contributed by atoms with E-state index >= 15 is 0 Å². The van der Waals surface area contributed by atoms with E-state index in [1.807, 2.05) is 24.3 Å². The van der Waals surface area contributed by atoms with Crippen molar-refractivity contribution in [3.63, 3.8) is 0 Å². The number of rotatable bonds is 4. The van der Waals surface area contributed by atoms with Crippen LogP contribution in [0.2, 0.25) is 0 Å². The summed E-state index contributed by atoms with van der Waals surface area (Å²) >= 11 is 5.11. The van der Waals surface area contributed by atoms with Gasteiger partial charge in [0.1, 0.15) is 12.4 Å². The van der Waals surface area contributed by atoms with Gasteiger partial charge in [-0.1, -0.05) is 26.0 Å². The van der Waals surface area contributed by atoms with Gasteiger partial charge in [0.05, 0.1) is 13.2 Å². The maximum Gasteiger partial charge on any atom is 0.266 e. The van der Waals surface area contributed by atoms with E-state index in [9.17, 15) is 4.79 Å². The monoisotopic (exact) mass is 305 g/mol. The number of carbonyl (C=O) groups excluding carboxylic acids is 1. The Hall–Kier alpha value is -1.88. The summed E-state index contributed by atoms with van der Waals surface area (Å²) in [5, 5.41) is 0.262. The molecule has 1 aliphatic heterocycles. The first kappa shape index (κ1) is 15.5. The zero-order chi connectivity index (χ0) is 15.4. The standard InChI is InChI=1S/C16H19NO3S/c1-11(2)14-10-20-16(21)17(14)15(18)9-6-12-4-7-13(19-3)8-5-12/h4-9,11,14H,10H2,1-3H3/b9-6+/t14-/m1/s1. The lowest BCUT2D eigenvalue weighted by molar-refractivity contribution is -0.123. The molecule has 0 N–H and O–H groups in total. The fraction of sp³-hybridized carbons (Fsp3) is 0.375. The Labute approximate surface area is 130 Å². The van der Waals surface area contributed by atoms with E-state index in [0.29, 0.717) is 12.5 Å². The van der Waals surface area contributed by atoms with Crippen molar-refractivity contribution in [2.45, 2.75) is 19.9 Å². The SMILES string of the molecule is COc1ccc(/C=C/C(=O)N2C(=S)OC[C@@H]2C(C)C)cc1. The van der Waals surface area contributed by atoms with E-state index in [1.165, 1.54) is 6.08 Å². The number of amides is 1. The molecule has 0 aliphatic carbocycles. The summed E-state index contributed by atoms with van der Waals surface area (Å²) in [6.45, 7) is 4.57. The highest BCUT2D eigenvalue weighted by molar-refractivity contribution is 7.80. The van der Waals surface area contributed by atoms with Crippen LogP contribution in [0.5, 0.6) is 5.75 Å². The number of benzene rings is 1. The average Bonchev–Trinajstić information content (AvgIpc) is 2.87. The van der Waals surface area contributed by atoms with E-state index in [4.69, 9.17) is 21.7 Å². The molecule has 112 valence electrons. The summed E-state index contributed by atoms with van der Waals surface area (Å²) < 4.78 is 10.4. The molecule has 5 heteroatoms. The molecular weight excluding hydrogens is 286 g/mol. The van der Waals surface area contributed by atoms with Crippen LogP contribution >= 0.6 is 12.2 Å². The highest BCUT2D eigenvalue weighted by Crippen LogP contribution is 2.20. The molecule has 0 bridgehead atoms. The lowest BCUT2D eigenvalue weighted by Crippen LogP contribution is -2.40. The Balaban J connectivity index is 2.08. The van der Waals surface area contributed by atoms with Gasteiger partial charge in [0.2, 0.25) is 0 Å². The van der Waals surface area contributed by atoms with Crippen LogP contribution in [-0.2, 0) is 9.53 Å². The fourth-order valence-corrected chi connectivity index (χ4v) is 2.44. The molecule has 1 saturated heterocycles. The maximum absolute atomic E-state index is 12.3. The zero-order valence-corrected chi connectivity index (χ0v) is 13.2. The first-order valence-electron chi connectivity index (χ1n) is 6.85. The predicted molar refractivity (Wildman–Crippen MR) is 86.1 cm³/mol. The molecule has 21 heavy (non-hydrogen) atoms. The number of ether oxygens (including phenoxy) is 2. The Bertz CT molecular complexity index is 551. The molecule has 4 nitrogen and oxygen atoms in total. The normalized spacial score (nSPS) is 18.4. The summed E-state index contributed by atoms with van der Waals surface area (Å²) in [6.07, 6.45) is 3.29. The molecule has 1 fully saturated rings. The Morgan fingerprint density at radius 3 is 2.67 bits per heavy atom. The van der Waals surface area contributed by atoms with Crippen molar-refractivity contribution >= 4 is 29.4 Å². The van der Waals surface area contributed by atoms with E-state index < -0.39 is 0 Å². The van der Waals surface area contributed by atoms with Gasteiger partial charge in [-0.05, 0) is 41.9 Å². The van der Waals surface area contributed by atoms with Gasteiger partial charge in [-0.25, -0.2) is 0 Å². The Morgan fingerprint density at radius 2 is 2.10 bits per heavy atom. The van der Waals surface area contributed by atoms with E-state index in [1.54, 1.807) is 18.1 Å². The van der Waals surface area contributed by atoms with Gasteiger partial charge >= 0.3 is 0 Å². The first-order chi connectivity index (χ1) is 10.0. The van der Waals surface area contributed by atoms with Crippen molar-refractivity contribution < 1.29 is 14.3 Å². The smallest absolute Gasteiger partial charge is 0.266 e. The van der Waals surface area contributed by atoms with Crippen molar-refractivity contribution in [1.29, 1.82) is 0 Å². The quantitative estimate of drug-likeness (QED) is 0.633. The number of nitrogens with zero attached hydrogens (tertiary/aromatic N) is 1. The molecule has 0 aromatic heterocycles. The molecule has 0 radical (unpaired) electrons. The summed E-state index contributed by atoms with van der Waals surface area (Å²) in [5.74, 6) is 0.934. The van der Waals surface area contributed by atoms with Crippen LogP contribution in [0.25, 0.3) is 6.08 Å².